The van der Waals surface area contributed by atoms with E-state index in [0.717, 1.165) is 25.6 Å². The number of benzene rings is 1. The molecule has 1 aromatic carbocycles. The Hall–Kier alpha value is -1.34. The monoisotopic (exact) mass is 318 g/mol. The van der Waals surface area contributed by atoms with E-state index < -0.39 is 11.7 Å². The molecule has 1 atom stereocenters. The molecule has 0 saturated carbocycles. The molecule has 1 heterocycles. The highest BCUT2D eigenvalue weighted by molar-refractivity contribution is 7.80. The van der Waals surface area contributed by atoms with Crippen LogP contribution >= 0.6 is 12.2 Å². The minimum Gasteiger partial charge on any atom is -0.389 e. The second-order valence-corrected chi connectivity index (χ2v) is 5.59. The highest BCUT2D eigenvalue weighted by Crippen LogP contribution is 2.35. The van der Waals surface area contributed by atoms with Crippen molar-refractivity contribution >= 4 is 22.9 Å². The molecule has 0 aliphatic carbocycles. The van der Waals surface area contributed by atoms with E-state index in [4.69, 9.17) is 22.7 Å². The van der Waals surface area contributed by atoms with Crippen LogP contribution in [0.4, 0.5) is 18.9 Å². The van der Waals surface area contributed by atoms with Crippen LogP contribution in [0.15, 0.2) is 18.2 Å². The van der Waals surface area contributed by atoms with Crippen LogP contribution in [-0.4, -0.2) is 31.8 Å². The molecule has 2 N–H and O–H groups in total. The summed E-state index contributed by atoms with van der Waals surface area (Å²) < 4.78 is 43.9. The number of ether oxygens (including phenoxy) is 1. The van der Waals surface area contributed by atoms with E-state index in [2.05, 4.69) is 0 Å². The predicted molar refractivity (Wildman–Crippen MR) is 79.5 cm³/mol. The first-order valence-electron chi connectivity index (χ1n) is 6.58. The number of halogens is 3. The van der Waals surface area contributed by atoms with E-state index >= 15 is 0 Å². The van der Waals surface area contributed by atoms with Crippen LogP contribution in [-0.2, 0) is 10.9 Å². The summed E-state index contributed by atoms with van der Waals surface area (Å²) in [6, 6.07) is 3.95. The zero-order valence-electron chi connectivity index (χ0n) is 11.6. The first-order valence-corrected chi connectivity index (χ1v) is 6.98. The van der Waals surface area contributed by atoms with Crippen molar-refractivity contribution in [1.29, 1.82) is 0 Å². The molecule has 2 rings (SSSR count). The Morgan fingerprint density at radius 1 is 1.48 bits per heavy atom. The molecule has 0 amide bonds. The summed E-state index contributed by atoms with van der Waals surface area (Å²) in [7, 11) is 1.64. The minimum atomic E-state index is -4.46. The molecule has 1 aromatic rings. The lowest BCUT2D eigenvalue weighted by atomic mass is 10.1. The van der Waals surface area contributed by atoms with Gasteiger partial charge in [-0.15, -0.1) is 0 Å². The number of methoxy groups -OCH3 is 1. The normalized spacial score (nSPS) is 19.0. The van der Waals surface area contributed by atoms with Crippen LogP contribution in [0.25, 0.3) is 0 Å². The van der Waals surface area contributed by atoms with Crippen molar-refractivity contribution in [3.63, 3.8) is 0 Å². The molecular formula is C14H17F3N2OS. The quantitative estimate of drug-likeness (QED) is 0.867. The Bertz CT molecular complexity index is 533. The highest BCUT2D eigenvalue weighted by Gasteiger charge is 2.34. The zero-order chi connectivity index (χ0) is 15.6. The van der Waals surface area contributed by atoms with Gasteiger partial charge in [0.05, 0.1) is 12.2 Å². The van der Waals surface area contributed by atoms with Gasteiger partial charge in [0, 0.05) is 37.4 Å². The lowest BCUT2D eigenvalue weighted by molar-refractivity contribution is -0.137. The van der Waals surface area contributed by atoms with Gasteiger partial charge in [0.2, 0.25) is 0 Å². The average molecular weight is 318 g/mol. The Kier molecular flexibility index (Phi) is 4.73. The van der Waals surface area contributed by atoms with Crippen molar-refractivity contribution in [2.75, 3.05) is 31.7 Å². The van der Waals surface area contributed by atoms with E-state index in [9.17, 15) is 13.2 Å². The molecule has 116 valence electrons. The van der Waals surface area contributed by atoms with Gasteiger partial charge in [0.1, 0.15) is 4.99 Å². The maximum atomic E-state index is 12.9. The molecule has 1 saturated heterocycles. The van der Waals surface area contributed by atoms with Crippen molar-refractivity contribution < 1.29 is 17.9 Å². The number of thiocarbonyl (C=S) groups is 1. The molecule has 0 aromatic heterocycles. The molecule has 21 heavy (non-hydrogen) atoms. The number of anilines is 1. The molecule has 1 aliphatic heterocycles. The van der Waals surface area contributed by atoms with Gasteiger partial charge in [-0.05, 0) is 24.6 Å². The van der Waals surface area contributed by atoms with Crippen molar-refractivity contribution in [2.45, 2.75) is 12.6 Å². The smallest absolute Gasteiger partial charge is 0.389 e. The molecule has 7 heteroatoms. The third-order valence-electron chi connectivity index (χ3n) is 3.63. The van der Waals surface area contributed by atoms with Crippen LogP contribution < -0.4 is 10.6 Å². The number of alkyl halides is 3. The Labute approximate surface area is 126 Å². The van der Waals surface area contributed by atoms with E-state index in [1.165, 1.54) is 12.1 Å². The maximum absolute atomic E-state index is 12.9. The fraction of sp³-hybridized carbons (Fsp3) is 0.500. The fourth-order valence-electron chi connectivity index (χ4n) is 2.62. The topological polar surface area (TPSA) is 38.5 Å². The minimum absolute atomic E-state index is 0.120. The third kappa shape index (κ3) is 3.65. The van der Waals surface area contributed by atoms with Crippen molar-refractivity contribution in [1.82, 2.24) is 0 Å². The van der Waals surface area contributed by atoms with Gasteiger partial charge in [0.25, 0.3) is 0 Å². The van der Waals surface area contributed by atoms with Crippen LogP contribution in [0.1, 0.15) is 17.5 Å². The van der Waals surface area contributed by atoms with Crippen molar-refractivity contribution in [2.24, 2.45) is 11.7 Å². The summed E-state index contributed by atoms with van der Waals surface area (Å²) in [5, 5.41) is 0. The molecule has 0 bridgehead atoms. The Morgan fingerprint density at radius 3 is 2.76 bits per heavy atom. The SMILES string of the molecule is COCC1CCN(c2ccc(C(F)(F)F)c(C(N)=S)c2)C1. The van der Waals surface area contributed by atoms with Crippen LogP contribution in [0.5, 0.6) is 0 Å². The van der Waals surface area contributed by atoms with Gasteiger partial charge in [-0.25, -0.2) is 0 Å². The Morgan fingerprint density at radius 2 is 2.19 bits per heavy atom. The number of nitrogens with two attached hydrogens (primary N) is 1. The number of rotatable bonds is 4. The Balaban J connectivity index is 2.27. The zero-order valence-corrected chi connectivity index (χ0v) is 12.4. The number of nitrogens with zero attached hydrogens (tertiary/aromatic N) is 1. The van der Waals surface area contributed by atoms with E-state index in [0.29, 0.717) is 18.2 Å². The van der Waals surface area contributed by atoms with Crippen LogP contribution in [0.2, 0.25) is 0 Å². The maximum Gasteiger partial charge on any atom is 0.417 e. The standard InChI is InChI=1S/C14H17F3N2OS/c1-20-8-9-4-5-19(7-9)10-2-3-12(14(15,16)17)11(6-10)13(18)21/h2-3,6,9H,4-5,7-8H2,1H3,(H2,18,21). The molecule has 3 nitrogen and oxygen atoms in total. The van der Waals surface area contributed by atoms with Gasteiger partial charge in [-0.2, -0.15) is 13.2 Å². The summed E-state index contributed by atoms with van der Waals surface area (Å²) in [6.45, 7) is 2.20. The van der Waals surface area contributed by atoms with Gasteiger partial charge >= 0.3 is 6.18 Å². The second kappa shape index (κ2) is 6.19. The number of hydrogen-bond acceptors (Lipinski definition) is 3. The molecule has 0 radical (unpaired) electrons. The lowest BCUT2D eigenvalue weighted by Gasteiger charge is -2.21. The van der Waals surface area contributed by atoms with Crippen molar-refractivity contribution in [3.05, 3.63) is 29.3 Å². The fourth-order valence-corrected chi connectivity index (χ4v) is 2.79. The first-order chi connectivity index (χ1) is 9.82. The summed E-state index contributed by atoms with van der Waals surface area (Å²) in [5.74, 6) is 0.394. The van der Waals surface area contributed by atoms with Crippen LogP contribution in [0.3, 0.4) is 0 Å². The molecular weight excluding hydrogens is 301 g/mol. The summed E-state index contributed by atoms with van der Waals surface area (Å²) in [5.41, 5.74) is 5.25. The second-order valence-electron chi connectivity index (χ2n) is 5.15. The van der Waals surface area contributed by atoms with Gasteiger partial charge in [-0.3, -0.25) is 0 Å². The summed E-state index contributed by atoms with van der Waals surface area (Å²) >= 11 is 4.76. The average Bonchev–Trinajstić information content (AvgIpc) is 2.86. The molecule has 1 unspecified atom stereocenters. The summed E-state index contributed by atoms with van der Waals surface area (Å²) in [6.07, 6.45) is -3.50. The molecule has 1 aliphatic rings. The van der Waals surface area contributed by atoms with Gasteiger partial charge < -0.3 is 15.4 Å². The first kappa shape index (κ1) is 16.0. The van der Waals surface area contributed by atoms with E-state index in [-0.39, 0.29) is 10.6 Å². The van der Waals surface area contributed by atoms with E-state index in [1.54, 1.807) is 7.11 Å². The largest absolute Gasteiger partial charge is 0.417 e. The summed E-state index contributed by atoms with van der Waals surface area (Å²) in [4.78, 5) is 1.79. The molecule has 1 fully saturated rings. The lowest BCUT2D eigenvalue weighted by Crippen LogP contribution is -2.23. The predicted octanol–water partition coefficient (Wildman–Crippen LogP) is 2.81. The third-order valence-corrected chi connectivity index (χ3v) is 3.85. The van der Waals surface area contributed by atoms with Gasteiger partial charge in [-0.1, -0.05) is 12.2 Å². The van der Waals surface area contributed by atoms with Crippen molar-refractivity contribution in [3.8, 4) is 0 Å². The van der Waals surface area contributed by atoms with Gasteiger partial charge in [0.15, 0.2) is 0 Å². The highest BCUT2D eigenvalue weighted by atomic mass is 32.1. The van der Waals surface area contributed by atoms with Crippen LogP contribution in [0, 0.1) is 5.92 Å². The van der Waals surface area contributed by atoms with E-state index in [1.807, 2.05) is 4.90 Å². The molecule has 0 spiro atoms. The number of hydrogen-bond donors (Lipinski definition) is 1.